The number of fused-ring (bicyclic) bond motifs is 1. The standard InChI is InChI=1S/C13H27.C11H7N2S.Sn/c1-4-7-10-13(11-8-5-2)12-9-6-3;1-2-4-9(5-3-1)10-7-14-11-6-12-8-13(10)11;/h4-12H2,1-3H3;1-6,8H;. The zero-order valence-electron chi connectivity index (χ0n) is 17.7. The summed E-state index contributed by atoms with van der Waals surface area (Å²) in [6.07, 6.45) is 16.5. The van der Waals surface area contributed by atoms with Gasteiger partial charge in [-0.15, -0.1) is 0 Å². The average Bonchev–Trinajstić information content (AvgIpc) is 3.30. The number of imidazole rings is 1. The van der Waals surface area contributed by atoms with Gasteiger partial charge in [0.2, 0.25) is 0 Å². The summed E-state index contributed by atoms with van der Waals surface area (Å²) in [7, 11) is 0. The zero-order valence-corrected chi connectivity index (χ0v) is 21.4. The van der Waals surface area contributed by atoms with Gasteiger partial charge in [-0.1, -0.05) is 0 Å². The van der Waals surface area contributed by atoms with E-state index in [-0.39, 0.29) is 0 Å². The molecule has 0 fully saturated rings. The van der Waals surface area contributed by atoms with Crippen LogP contribution in [0.25, 0.3) is 16.1 Å². The fraction of sp³-hybridized carbons (Fsp3) is 0.542. The molecule has 0 saturated heterocycles. The van der Waals surface area contributed by atoms with Crippen LogP contribution in [0.15, 0.2) is 42.9 Å². The van der Waals surface area contributed by atoms with Gasteiger partial charge in [0.05, 0.1) is 0 Å². The third-order valence-electron chi connectivity index (χ3n) is 5.72. The van der Waals surface area contributed by atoms with E-state index in [9.17, 15) is 0 Å². The number of hydrogen-bond donors (Lipinski definition) is 0. The molecule has 28 heavy (non-hydrogen) atoms. The first-order valence-corrected chi connectivity index (χ1v) is 14.7. The number of benzene rings is 1. The third kappa shape index (κ3) is 5.21. The fourth-order valence-corrected chi connectivity index (χ4v) is 12.8. The Hall–Kier alpha value is -0.811. The van der Waals surface area contributed by atoms with E-state index in [1.807, 2.05) is 23.9 Å². The number of rotatable bonds is 12. The number of unbranched alkanes of at least 4 members (excludes halogenated alkanes) is 3. The number of aromatic nitrogens is 2. The molecule has 0 saturated carbocycles. The second kappa shape index (κ2) is 10.8. The van der Waals surface area contributed by atoms with Crippen LogP contribution in [-0.4, -0.2) is 30.5 Å². The maximum atomic E-state index is 4.43. The van der Waals surface area contributed by atoms with Crippen LogP contribution >= 0.6 is 11.3 Å². The molecule has 2 heterocycles. The first-order chi connectivity index (χ1) is 13.7. The molecule has 150 valence electrons. The topological polar surface area (TPSA) is 17.3 Å². The van der Waals surface area contributed by atoms with Crippen LogP contribution in [0, 0.1) is 0 Å². The van der Waals surface area contributed by atoms with Crippen molar-refractivity contribution in [3.8, 4) is 11.3 Å². The Morgan fingerprint density at radius 1 is 0.929 bits per heavy atom. The van der Waals surface area contributed by atoms with E-state index >= 15 is 0 Å². The maximum absolute atomic E-state index is 4.43. The SMILES string of the molecule is CCCC[C](CCCC)(CCCC)[Sn][c]1sc2cncn2c1-c1ccccc1. The van der Waals surface area contributed by atoms with Crippen LogP contribution in [0.1, 0.15) is 78.6 Å². The minimum atomic E-state index is -0.759. The molecular formula is C24H34N2SSn. The molecule has 2 radical (unpaired) electrons. The Morgan fingerprint density at radius 3 is 2.11 bits per heavy atom. The Bertz CT molecular complexity index is 815. The molecular weight excluding hydrogens is 467 g/mol. The van der Waals surface area contributed by atoms with E-state index in [0.717, 1.165) is 0 Å². The quantitative estimate of drug-likeness (QED) is 0.242. The summed E-state index contributed by atoms with van der Waals surface area (Å²) in [5.74, 6) is 0. The van der Waals surface area contributed by atoms with Gasteiger partial charge in [-0.2, -0.15) is 0 Å². The molecule has 2 nitrogen and oxygen atoms in total. The van der Waals surface area contributed by atoms with Gasteiger partial charge >= 0.3 is 186 Å². The first kappa shape index (κ1) is 21.9. The molecule has 0 spiro atoms. The monoisotopic (exact) mass is 502 g/mol. The second-order valence-corrected chi connectivity index (χ2v) is 15.2. The van der Waals surface area contributed by atoms with Crippen LogP contribution < -0.4 is 2.89 Å². The molecule has 0 aliphatic heterocycles. The van der Waals surface area contributed by atoms with Crippen molar-refractivity contribution in [3.05, 3.63) is 42.9 Å². The summed E-state index contributed by atoms with van der Waals surface area (Å²) in [6.45, 7) is 7.06. The zero-order chi connectivity index (χ0) is 19.8. The Labute approximate surface area is 185 Å². The molecule has 0 unspecified atom stereocenters. The van der Waals surface area contributed by atoms with Crippen LogP contribution in [0.4, 0.5) is 0 Å². The van der Waals surface area contributed by atoms with Gasteiger partial charge in [-0.25, -0.2) is 0 Å². The van der Waals surface area contributed by atoms with Crippen LogP contribution in [0.3, 0.4) is 0 Å². The average molecular weight is 501 g/mol. The van der Waals surface area contributed by atoms with Gasteiger partial charge < -0.3 is 0 Å². The molecule has 0 N–H and O–H groups in total. The molecule has 0 amide bonds. The number of thiazole rings is 1. The normalized spacial score (nSPS) is 12.1. The first-order valence-electron chi connectivity index (χ1n) is 11.0. The summed E-state index contributed by atoms with van der Waals surface area (Å²) in [5, 5.41) is 0. The molecule has 4 heteroatoms. The van der Waals surface area contributed by atoms with Crippen molar-refractivity contribution in [1.29, 1.82) is 0 Å². The van der Waals surface area contributed by atoms with Gasteiger partial charge in [0.1, 0.15) is 0 Å². The molecule has 0 aliphatic rings. The van der Waals surface area contributed by atoms with E-state index in [1.54, 1.807) is 2.89 Å². The van der Waals surface area contributed by atoms with Crippen LogP contribution in [0.5, 0.6) is 0 Å². The van der Waals surface area contributed by atoms with Gasteiger partial charge in [0, 0.05) is 0 Å². The molecule has 0 aliphatic carbocycles. The fourth-order valence-electron chi connectivity index (χ4n) is 4.09. The van der Waals surface area contributed by atoms with Crippen molar-refractivity contribution in [1.82, 2.24) is 9.38 Å². The van der Waals surface area contributed by atoms with E-state index in [1.165, 1.54) is 73.9 Å². The second-order valence-electron chi connectivity index (χ2n) is 7.96. The summed E-state index contributed by atoms with van der Waals surface area (Å²) < 4.78 is 4.68. The van der Waals surface area contributed by atoms with Crippen molar-refractivity contribution < 1.29 is 0 Å². The van der Waals surface area contributed by atoms with E-state index in [4.69, 9.17) is 0 Å². The van der Waals surface area contributed by atoms with E-state index in [0.29, 0.717) is 3.43 Å². The summed E-state index contributed by atoms with van der Waals surface area (Å²) in [5.41, 5.74) is 2.80. The van der Waals surface area contributed by atoms with Crippen molar-refractivity contribution >= 4 is 40.2 Å². The van der Waals surface area contributed by atoms with Crippen molar-refractivity contribution in [2.75, 3.05) is 0 Å². The minimum absolute atomic E-state index is 0.616. The van der Waals surface area contributed by atoms with Gasteiger partial charge in [-0.3, -0.25) is 0 Å². The predicted octanol–water partition coefficient (Wildman–Crippen LogP) is 7.12. The summed E-state index contributed by atoms with van der Waals surface area (Å²) >= 11 is 1.27. The van der Waals surface area contributed by atoms with E-state index in [2.05, 4.69) is 60.5 Å². The number of nitrogens with zero attached hydrogens (tertiary/aromatic N) is 2. The van der Waals surface area contributed by atoms with Gasteiger partial charge in [-0.05, 0) is 0 Å². The summed E-state index contributed by atoms with van der Waals surface area (Å²) in [4.78, 5) is 5.74. The van der Waals surface area contributed by atoms with Crippen molar-refractivity contribution in [2.24, 2.45) is 0 Å². The summed E-state index contributed by atoms with van der Waals surface area (Å²) in [6, 6.07) is 11.0. The molecule has 2 aromatic heterocycles. The third-order valence-corrected chi connectivity index (χ3v) is 13.2. The van der Waals surface area contributed by atoms with Gasteiger partial charge in [0.15, 0.2) is 0 Å². The molecule has 3 rings (SSSR count). The Kier molecular flexibility index (Phi) is 8.46. The molecule has 1 aromatic carbocycles. The molecule has 3 aromatic rings. The van der Waals surface area contributed by atoms with Gasteiger partial charge in [0.25, 0.3) is 0 Å². The van der Waals surface area contributed by atoms with Crippen molar-refractivity contribution in [2.45, 2.75) is 82.0 Å². The Morgan fingerprint density at radius 2 is 1.54 bits per heavy atom. The molecule has 0 bridgehead atoms. The van der Waals surface area contributed by atoms with Crippen molar-refractivity contribution in [3.63, 3.8) is 0 Å². The molecule has 0 atom stereocenters. The van der Waals surface area contributed by atoms with E-state index < -0.39 is 21.1 Å². The number of hydrogen-bond acceptors (Lipinski definition) is 2. The predicted molar refractivity (Wildman–Crippen MR) is 125 cm³/mol. The van der Waals surface area contributed by atoms with Crippen LogP contribution in [-0.2, 0) is 0 Å². The Balaban J connectivity index is 2.01. The van der Waals surface area contributed by atoms with Crippen LogP contribution in [0.2, 0.25) is 3.43 Å².